The molecule has 2 aromatic rings. The summed E-state index contributed by atoms with van der Waals surface area (Å²) in [5.41, 5.74) is -0.755. The number of aromatic nitrogens is 2. The zero-order valence-electron chi connectivity index (χ0n) is 9.59. The normalized spacial score (nSPS) is 11.9. The molecule has 0 unspecified atom stereocenters. The second kappa shape index (κ2) is 3.79. The van der Waals surface area contributed by atoms with Crippen LogP contribution in [0.2, 0.25) is 0 Å². The Labute approximate surface area is 101 Å². The van der Waals surface area contributed by atoms with Crippen molar-refractivity contribution in [2.75, 3.05) is 0 Å². The lowest BCUT2D eigenvalue weighted by molar-refractivity contribution is 0.484. The van der Waals surface area contributed by atoms with E-state index >= 15 is 0 Å². The number of benzene rings is 1. The Kier molecular flexibility index (Phi) is 2.63. The molecule has 2 rings (SSSR count). The van der Waals surface area contributed by atoms with E-state index in [-0.39, 0.29) is 10.9 Å². The number of fused-ring (bicyclic) bond motifs is 1. The predicted molar refractivity (Wildman–Crippen MR) is 64.4 cm³/mol. The van der Waals surface area contributed by atoms with Crippen molar-refractivity contribution in [3.63, 3.8) is 0 Å². The first-order valence-corrected chi connectivity index (χ1v) is 6.37. The van der Waals surface area contributed by atoms with Gasteiger partial charge in [0.25, 0.3) is 15.7 Å². The Morgan fingerprint density at radius 3 is 2.44 bits per heavy atom. The Morgan fingerprint density at radius 2 is 1.89 bits per heavy atom. The second-order valence-electron chi connectivity index (χ2n) is 3.90. The van der Waals surface area contributed by atoms with Gasteiger partial charge in [-0.25, -0.2) is 4.79 Å². The largest absolute Gasteiger partial charge is 0.328 e. The summed E-state index contributed by atoms with van der Waals surface area (Å²) >= 11 is 0. The molecule has 0 saturated heterocycles. The van der Waals surface area contributed by atoms with Crippen molar-refractivity contribution in [1.82, 2.24) is 9.55 Å². The lowest BCUT2D eigenvalue weighted by Gasteiger charge is -2.09. The summed E-state index contributed by atoms with van der Waals surface area (Å²) in [5, 5.41) is -0.223. The van der Waals surface area contributed by atoms with E-state index < -0.39 is 26.3 Å². The molecule has 2 N–H and O–H groups in total. The summed E-state index contributed by atoms with van der Waals surface area (Å²) in [6.07, 6.45) is 0. The van der Waals surface area contributed by atoms with Crippen molar-refractivity contribution in [3.05, 3.63) is 38.5 Å². The zero-order valence-corrected chi connectivity index (χ0v) is 10.4. The van der Waals surface area contributed by atoms with Gasteiger partial charge in [0.05, 0.1) is 10.9 Å². The van der Waals surface area contributed by atoms with Crippen molar-refractivity contribution in [2.45, 2.75) is 11.8 Å². The molecule has 0 saturated carbocycles. The van der Waals surface area contributed by atoms with Gasteiger partial charge < -0.3 is 0 Å². The number of hydrogen-bond acceptors (Lipinski definition) is 4. The van der Waals surface area contributed by atoms with Gasteiger partial charge in [-0.1, -0.05) is 6.07 Å². The lowest BCUT2D eigenvalue weighted by Crippen LogP contribution is -2.29. The lowest BCUT2D eigenvalue weighted by atomic mass is 10.1. The second-order valence-corrected chi connectivity index (χ2v) is 5.29. The zero-order chi connectivity index (χ0) is 13.7. The van der Waals surface area contributed by atoms with Crippen molar-refractivity contribution < 1.29 is 13.0 Å². The Balaban J connectivity index is 3.25. The van der Waals surface area contributed by atoms with Crippen LogP contribution < -0.4 is 11.2 Å². The molecule has 0 radical (unpaired) electrons. The predicted octanol–water partition coefficient (Wildman–Crippen LogP) is -0.218. The molecule has 7 nitrogen and oxygen atoms in total. The third-order valence-electron chi connectivity index (χ3n) is 2.71. The Bertz CT molecular complexity index is 860. The molecule has 0 spiro atoms. The van der Waals surface area contributed by atoms with E-state index in [1.54, 1.807) is 6.92 Å². The fraction of sp³-hybridized carbons (Fsp3) is 0.200. The first-order valence-electron chi connectivity index (χ1n) is 4.93. The van der Waals surface area contributed by atoms with Gasteiger partial charge in [-0.2, -0.15) is 8.42 Å². The molecule has 0 aliphatic heterocycles. The van der Waals surface area contributed by atoms with Crippen LogP contribution in [0.3, 0.4) is 0 Å². The smallest absolute Gasteiger partial charge is 0.296 e. The maximum absolute atomic E-state index is 11.7. The van der Waals surface area contributed by atoms with Crippen LogP contribution in [0, 0.1) is 6.92 Å². The molecule has 8 heteroatoms. The average molecular weight is 270 g/mol. The summed E-state index contributed by atoms with van der Waals surface area (Å²) in [5.74, 6) is 0. The highest BCUT2D eigenvalue weighted by Crippen LogP contribution is 2.21. The van der Waals surface area contributed by atoms with Gasteiger partial charge in [-0.3, -0.25) is 18.9 Å². The van der Waals surface area contributed by atoms with Crippen LogP contribution in [0.5, 0.6) is 0 Å². The SMILES string of the molecule is Cc1ccc(S(=O)(=O)O)c2c(=O)[nH]c(=O)n(C)c12. The van der Waals surface area contributed by atoms with Crippen LogP contribution in [0.1, 0.15) is 5.56 Å². The monoisotopic (exact) mass is 270 g/mol. The molecular formula is C10H10N2O5S. The third kappa shape index (κ3) is 1.75. The first-order chi connectivity index (χ1) is 8.23. The number of nitrogens with one attached hydrogen (secondary N) is 1. The van der Waals surface area contributed by atoms with E-state index in [1.807, 2.05) is 4.98 Å². The Morgan fingerprint density at radius 1 is 1.28 bits per heavy atom. The minimum atomic E-state index is -4.53. The van der Waals surface area contributed by atoms with Gasteiger partial charge in [-0.15, -0.1) is 0 Å². The highest BCUT2D eigenvalue weighted by atomic mass is 32.2. The van der Waals surface area contributed by atoms with Crippen molar-refractivity contribution in [3.8, 4) is 0 Å². The van der Waals surface area contributed by atoms with Gasteiger partial charge in [0.15, 0.2) is 0 Å². The molecular weight excluding hydrogens is 260 g/mol. The third-order valence-corrected chi connectivity index (χ3v) is 3.60. The standard InChI is InChI=1S/C10H10N2O5S/c1-5-3-4-6(18(15,16)17)7-8(5)12(2)10(14)11-9(7)13/h3-4H,1-2H3,(H,11,13,14)(H,15,16,17). The van der Waals surface area contributed by atoms with Crippen LogP contribution in [-0.2, 0) is 17.2 Å². The minimum Gasteiger partial charge on any atom is -0.296 e. The maximum Gasteiger partial charge on any atom is 0.328 e. The number of nitrogens with zero attached hydrogens (tertiary/aromatic N) is 1. The summed E-state index contributed by atoms with van der Waals surface area (Å²) in [6, 6.07) is 2.55. The average Bonchev–Trinajstić information content (AvgIpc) is 2.24. The van der Waals surface area contributed by atoms with Gasteiger partial charge in [0.2, 0.25) is 0 Å². The fourth-order valence-electron chi connectivity index (χ4n) is 1.89. The number of hydrogen-bond donors (Lipinski definition) is 2. The topological polar surface area (TPSA) is 109 Å². The van der Waals surface area contributed by atoms with E-state index in [2.05, 4.69) is 0 Å². The van der Waals surface area contributed by atoms with Gasteiger partial charge >= 0.3 is 5.69 Å². The first kappa shape index (κ1) is 12.5. The molecule has 1 heterocycles. The number of aryl methyl sites for hydroxylation is 2. The van der Waals surface area contributed by atoms with Crippen LogP contribution in [-0.4, -0.2) is 22.5 Å². The van der Waals surface area contributed by atoms with E-state index in [4.69, 9.17) is 4.55 Å². The van der Waals surface area contributed by atoms with Crippen molar-refractivity contribution >= 4 is 21.0 Å². The molecule has 0 amide bonds. The minimum absolute atomic E-state index is 0.180. The van der Waals surface area contributed by atoms with Gasteiger partial charge in [0, 0.05) is 7.05 Å². The molecule has 0 fully saturated rings. The summed E-state index contributed by atoms with van der Waals surface area (Å²) < 4.78 is 32.7. The van der Waals surface area contributed by atoms with E-state index in [1.165, 1.54) is 13.1 Å². The van der Waals surface area contributed by atoms with Crippen LogP contribution in [0.4, 0.5) is 0 Å². The van der Waals surface area contributed by atoms with E-state index in [0.29, 0.717) is 5.56 Å². The number of H-pyrrole nitrogens is 1. The Hall–Kier alpha value is -1.93. The van der Waals surface area contributed by atoms with Gasteiger partial charge in [0.1, 0.15) is 4.90 Å². The highest BCUT2D eigenvalue weighted by molar-refractivity contribution is 7.86. The molecule has 0 aliphatic rings. The molecule has 0 aliphatic carbocycles. The molecule has 1 aromatic carbocycles. The van der Waals surface area contributed by atoms with E-state index in [9.17, 15) is 18.0 Å². The fourth-order valence-corrected chi connectivity index (χ4v) is 2.58. The number of aromatic amines is 1. The van der Waals surface area contributed by atoms with Crippen LogP contribution in [0.15, 0.2) is 26.6 Å². The van der Waals surface area contributed by atoms with Crippen LogP contribution in [0.25, 0.3) is 10.9 Å². The van der Waals surface area contributed by atoms with Gasteiger partial charge in [-0.05, 0) is 18.6 Å². The highest BCUT2D eigenvalue weighted by Gasteiger charge is 2.19. The molecule has 18 heavy (non-hydrogen) atoms. The molecule has 0 bridgehead atoms. The molecule has 0 atom stereocenters. The summed E-state index contributed by atoms with van der Waals surface area (Å²) in [4.78, 5) is 24.7. The maximum atomic E-state index is 11.7. The summed E-state index contributed by atoms with van der Waals surface area (Å²) in [7, 11) is -3.13. The number of rotatable bonds is 1. The summed E-state index contributed by atoms with van der Waals surface area (Å²) in [6.45, 7) is 1.63. The molecule has 96 valence electrons. The quantitative estimate of drug-likeness (QED) is 0.696. The van der Waals surface area contributed by atoms with E-state index in [0.717, 1.165) is 10.6 Å². The van der Waals surface area contributed by atoms with Crippen molar-refractivity contribution in [2.24, 2.45) is 7.05 Å². The van der Waals surface area contributed by atoms with Crippen LogP contribution >= 0.6 is 0 Å². The van der Waals surface area contributed by atoms with Crippen molar-refractivity contribution in [1.29, 1.82) is 0 Å². The molecule has 1 aromatic heterocycles.